The molecule has 0 radical (unpaired) electrons. The van der Waals surface area contributed by atoms with Gasteiger partial charge < -0.3 is 4.98 Å². The topological polar surface area (TPSA) is 15.8 Å². The summed E-state index contributed by atoms with van der Waals surface area (Å²) in [7, 11) is 0. The summed E-state index contributed by atoms with van der Waals surface area (Å²) in [5, 5.41) is 2.57. The van der Waals surface area contributed by atoms with Gasteiger partial charge >= 0.3 is 0 Å². The molecule has 1 heteroatoms. The van der Waals surface area contributed by atoms with Gasteiger partial charge in [-0.25, -0.2) is 0 Å². The Hall–Kier alpha value is -1.50. The van der Waals surface area contributed by atoms with Gasteiger partial charge in [0.25, 0.3) is 0 Å². The summed E-state index contributed by atoms with van der Waals surface area (Å²) in [4.78, 5) is 3.45. The Morgan fingerprint density at radius 2 is 1.93 bits per heavy atom. The van der Waals surface area contributed by atoms with Gasteiger partial charge in [0.05, 0.1) is 0 Å². The molecule has 0 spiro atoms. The molecule has 1 aliphatic carbocycles. The van der Waals surface area contributed by atoms with E-state index in [1.54, 1.807) is 0 Å². The van der Waals surface area contributed by atoms with E-state index in [4.69, 9.17) is 0 Å². The fourth-order valence-electron chi connectivity index (χ4n) is 2.22. The van der Waals surface area contributed by atoms with E-state index in [1.165, 1.54) is 27.4 Å². The molecule has 2 rings (SSSR count). The standard InChI is InChI=1S/C14H17N/c1-4-10-8-7-9-13-14(10)11(5-2)12(6-3)15-13/h4-7,9,15H,8H2,1-3H3. The molecule has 1 aliphatic rings. The Morgan fingerprint density at radius 3 is 2.53 bits per heavy atom. The van der Waals surface area contributed by atoms with E-state index in [2.05, 4.69) is 56.1 Å². The molecule has 1 N–H and O–H groups in total. The molecule has 0 atom stereocenters. The zero-order valence-electron chi connectivity index (χ0n) is 9.59. The Bertz CT molecular complexity index is 539. The minimum Gasteiger partial charge on any atom is -0.355 e. The summed E-state index contributed by atoms with van der Waals surface area (Å²) in [6.07, 6.45) is 12.0. The molecule has 1 aromatic heterocycles. The zero-order valence-corrected chi connectivity index (χ0v) is 9.59. The predicted molar refractivity (Wildman–Crippen MR) is 67.6 cm³/mol. The Kier molecular flexibility index (Phi) is 2.63. The molecule has 1 nitrogen and oxygen atoms in total. The normalized spacial score (nSPS) is 20.1. The third kappa shape index (κ3) is 1.48. The summed E-state index contributed by atoms with van der Waals surface area (Å²) in [6.45, 7) is 6.28. The molecule has 1 heterocycles. The van der Waals surface area contributed by atoms with Crippen molar-refractivity contribution in [2.45, 2.75) is 27.2 Å². The zero-order chi connectivity index (χ0) is 10.8. The highest BCUT2D eigenvalue weighted by atomic mass is 14.7. The molecule has 15 heavy (non-hydrogen) atoms. The van der Waals surface area contributed by atoms with Crippen LogP contribution in [-0.4, -0.2) is 4.98 Å². The highest BCUT2D eigenvalue weighted by Crippen LogP contribution is 2.23. The SMILES string of the molecule is CC=C1CC=Cc2[nH]c(=CC)c(=CC)c21. The van der Waals surface area contributed by atoms with Crippen LogP contribution in [0.1, 0.15) is 38.4 Å². The molecule has 1 aromatic rings. The number of hydrogen-bond acceptors (Lipinski definition) is 0. The van der Waals surface area contributed by atoms with Gasteiger partial charge in [0.1, 0.15) is 0 Å². The highest BCUT2D eigenvalue weighted by molar-refractivity contribution is 5.78. The maximum atomic E-state index is 3.45. The highest BCUT2D eigenvalue weighted by Gasteiger charge is 2.12. The number of H-pyrrole nitrogens is 1. The summed E-state index contributed by atoms with van der Waals surface area (Å²) < 4.78 is 0. The van der Waals surface area contributed by atoms with E-state index >= 15 is 0 Å². The van der Waals surface area contributed by atoms with Crippen molar-refractivity contribution in [2.24, 2.45) is 0 Å². The molecular formula is C14H17N. The number of hydrogen-bond donors (Lipinski definition) is 1. The van der Waals surface area contributed by atoms with Crippen LogP contribution in [0.3, 0.4) is 0 Å². The van der Waals surface area contributed by atoms with E-state index < -0.39 is 0 Å². The molecule has 0 aromatic carbocycles. The van der Waals surface area contributed by atoms with E-state index in [9.17, 15) is 0 Å². The van der Waals surface area contributed by atoms with Crippen LogP contribution in [0.15, 0.2) is 12.2 Å². The summed E-state index contributed by atoms with van der Waals surface area (Å²) in [6, 6.07) is 0. The summed E-state index contributed by atoms with van der Waals surface area (Å²) >= 11 is 0. The van der Waals surface area contributed by atoms with E-state index in [1.807, 2.05) is 0 Å². The van der Waals surface area contributed by atoms with E-state index in [-0.39, 0.29) is 0 Å². The summed E-state index contributed by atoms with van der Waals surface area (Å²) in [5.41, 5.74) is 4.05. The number of aromatic amines is 1. The molecule has 0 amide bonds. The van der Waals surface area contributed by atoms with Crippen molar-refractivity contribution in [1.82, 2.24) is 4.98 Å². The van der Waals surface area contributed by atoms with Gasteiger partial charge in [-0.2, -0.15) is 0 Å². The first-order valence-electron chi connectivity index (χ1n) is 5.48. The van der Waals surface area contributed by atoms with Gasteiger partial charge in [0.15, 0.2) is 0 Å². The van der Waals surface area contributed by atoms with Crippen molar-refractivity contribution in [3.8, 4) is 0 Å². The van der Waals surface area contributed by atoms with Gasteiger partial charge in [-0.1, -0.05) is 24.3 Å². The third-order valence-electron chi connectivity index (χ3n) is 2.97. The van der Waals surface area contributed by atoms with Crippen LogP contribution in [0, 0.1) is 0 Å². The second-order valence-electron chi connectivity index (χ2n) is 3.74. The first-order chi connectivity index (χ1) is 7.31. The average Bonchev–Trinajstić information content (AvgIpc) is 2.66. The lowest BCUT2D eigenvalue weighted by Gasteiger charge is -2.09. The molecule has 0 saturated carbocycles. The average molecular weight is 199 g/mol. The smallest absolute Gasteiger partial charge is 0.0464 e. The lowest BCUT2D eigenvalue weighted by molar-refractivity contribution is 1.27. The molecule has 0 aliphatic heterocycles. The number of nitrogens with one attached hydrogen (secondary N) is 1. The molecule has 0 fully saturated rings. The van der Waals surface area contributed by atoms with Crippen LogP contribution in [0.2, 0.25) is 0 Å². The summed E-state index contributed by atoms with van der Waals surface area (Å²) in [5.74, 6) is 0. The van der Waals surface area contributed by atoms with Gasteiger partial charge in [-0.15, -0.1) is 0 Å². The Labute approximate surface area is 90.5 Å². The Balaban J connectivity index is 2.88. The largest absolute Gasteiger partial charge is 0.355 e. The monoisotopic (exact) mass is 199 g/mol. The number of rotatable bonds is 0. The van der Waals surface area contributed by atoms with Crippen LogP contribution in [0.5, 0.6) is 0 Å². The van der Waals surface area contributed by atoms with Crippen LogP contribution < -0.4 is 10.6 Å². The molecule has 0 unspecified atom stereocenters. The van der Waals surface area contributed by atoms with E-state index in [0.717, 1.165) is 6.42 Å². The Morgan fingerprint density at radius 1 is 1.13 bits per heavy atom. The van der Waals surface area contributed by atoms with Gasteiger partial charge in [-0.3, -0.25) is 0 Å². The van der Waals surface area contributed by atoms with Crippen molar-refractivity contribution < 1.29 is 0 Å². The van der Waals surface area contributed by atoms with Crippen molar-refractivity contribution in [1.29, 1.82) is 0 Å². The van der Waals surface area contributed by atoms with Crippen LogP contribution in [0.4, 0.5) is 0 Å². The minimum absolute atomic E-state index is 1.05. The predicted octanol–water partition coefficient (Wildman–Crippen LogP) is 2.44. The van der Waals surface area contributed by atoms with Gasteiger partial charge in [0.2, 0.25) is 0 Å². The van der Waals surface area contributed by atoms with Crippen molar-refractivity contribution in [2.75, 3.05) is 0 Å². The minimum atomic E-state index is 1.05. The van der Waals surface area contributed by atoms with Crippen molar-refractivity contribution >= 4 is 23.8 Å². The third-order valence-corrected chi connectivity index (χ3v) is 2.97. The second kappa shape index (κ2) is 3.93. The first-order valence-corrected chi connectivity index (χ1v) is 5.48. The lowest BCUT2D eigenvalue weighted by Crippen LogP contribution is -2.24. The van der Waals surface area contributed by atoms with Crippen molar-refractivity contribution in [3.63, 3.8) is 0 Å². The quantitative estimate of drug-likeness (QED) is 0.660. The number of fused-ring (bicyclic) bond motifs is 1. The molecule has 0 saturated heterocycles. The number of aromatic nitrogens is 1. The van der Waals surface area contributed by atoms with Crippen LogP contribution in [-0.2, 0) is 0 Å². The molecule has 0 bridgehead atoms. The van der Waals surface area contributed by atoms with Crippen LogP contribution >= 0.6 is 0 Å². The second-order valence-corrected chi connectivity index (χ2v) is 3.74. The number of allylic oxidation sites excluding steroid dienone is 3. The van der Waals surface area contributed by atoms with E-state index in [0.29, 0.717) is 0 Å². The molecule has 78 valence electrons. The maximum absolute atomic E-state index is 3.45. The molecular weight excluding hydrogens is 182 g/mol. The maximum Gasteiger partial charge on any atom is 0.0464 e. The lowest BCUT2D eigenvalue weighted by atomic mass is 9.96. The van der Waals surface area contributed by atoms with Crippen molar-refractivity contribution in [3.05, 3.63) is 34.0 Å². The fourth-order valence-corrected chi connectivity index (χ4v) is 2.22. The first kappa shape index (κ1) is 10.0. The van der Waals surface area contributed by atoms with Gasteiger partial charge in [-0.05, 0) is 38.8 Å². The van der Waals surface area contributed by atoms with Gasteiger partial charge in [0, 0.05) is 21.8 Å². The van der Waals surface area contributed by atoms with Crippen LogP contribution in [0.25, 0.3) is 23.8 Å². The fraction of sp³-hybridized carbons (Fsp3) is 0.286.